The number of fused-ring (bicyclic) bond motifs is 5. The number of rotatable bonds is 6. The van der Waals surface area contributed by atoms with Crippen LogP contribution in [-0.4, -0.2) is 65.2 Å². The molecule has 3 aliphatic rings. The number of benzene rings is 1. The molecular formula is C29H32F2N4O8. The zero-order chi connectivity index (χ0) is 31.1. The van der Waals surface area contributed by atoms with Crippen LogP contribution in [0.25, 0.3) is 0 Å². The van der Waals surface area contributed by atoms with Crippen molar-refractivity contribution in [2.45, 2.75) is 64.3 Å². The van der Waals surface area contributed by atoms with Gasteiger partial charge in [0.05, 0.1) is 26.2 Å². The Hall–Kier alpha value is -4.49. The number of hydrogen-bond acceptors (Lipinski definition) is 9. The second-order valence-corrected chi connectivity index (χ2v) is 11.3. The highest BCUT2D eigenvalue weighted by atomic mass is 19.1. The van der Waals surface area contributed by atoms with Gasteiger partial charge in [-0.3, -0.25) is 14.4 Å². The number of aromatic nitrogens is 1. The SMILES string of the molecule is COC1=NO[C@@]2(CC[C@H](C)N3CC2n2cc(C(=O)NCc4ccc(F)cc4F)c(=O)c(OC(=O)OCC(C)C)c2C3=O)C1. The highest BCUT2D eigenvalue weighted by molar-refractivity contribution is 6.00. The van der Waals surface area contributed by atoms with Crippen LogP contribution in [0, 0.1) is 17.6 Å². The lowest BCUT2D eigenvalue weighted by Crippen LogP contribution is -2.52. The molecule has 12 nitrogen and oxygen atoms in total. The number of methoxy groups -OCH3 is 1. The molecule has 3 aliphatic heterocycles. The Kier molecular flexibility index (Phi) is 8.12. The highest BCUT2D eigenvalue weighted by Crippen LogP contribution is 2.46. The Morgan fingerprint density at radius 2 is 2.02 bits per heavy atom. The highest BCUT2D eigenvalue weighted by Gasteiger charge is 2.55. The van der Waals surface area contributed by atoms with Gasteiger partial charge in [0, 0.05) is 37.0 Å². The van der Waals surface area contributed by atoms with Crippen molar-refractivity contribution in [1.29, 1.82) is 0 Å². The normalized spacial score (nSPS) is 22.4. The van der Waals surface area contributed by atoms with Gasteiger partial charge in [-0.15, -0.1) is 0 Å². The van der Waals surface area contributed by atoms with Crippen LogP contribution in [0.15, 0.2) is 34.3 Å². The van der Waals surface area contributed by atoms with Gasteiger partial charge in [0.2, 0.25) is 17.1 Å². The van der Waals surface area contributed by atoms with E-state index in [0.717, 1.165) is 6.07 Å². The Morgan fingerprint density at radius 3 is 2.70 bits per heavy atom. The topological polar surface area (TPSA) is 138 Å². The van der Waals surface area contributed by atoms with Crippen molar-refractivity contribution >= 4 is 23.9 Å². The predicted octanol–water partition coefficient (Wildman–Crippen LogP) is 3.53. The van der Waals surface area contributed by atoms with E-state index < -0.39 is 58.0 Å². The van der Waals surface area contributed by atoms with E-state index in [1.165, 1.54) is 23.9 Å². The molecule has 0 saturated carbocycles. The first-order valence-corrected chi connectivity index (χ1v) is 13.9. The monoisotopic (exact) mass is 602 g/mol. The number of amides is 2. The van der Waals surface area contributed by atoms with Gasteiger partial charge in [0.25, 0.3) is 11.8 Å². The molecule has 1 saturated heterocycles. The van der Waals surface area contributed by atoms with Gasteiger partial charge in [0.15, 0.2) is 11.3 Å². The fourth-order valence-electron chi connectivity index (χ4n) is 5.56. The van der Waals surface area contributed by atoms with E-state index in [2.05, 4.69) is 10.5 Å². The standard InChI is InChI=1S/C29H32F2N4O8/c1-15(2)14-41-28(39)42-25-23-27(38)34-13-21(29(8-7-16(34)3)10-22(40-4)33-43-29)35(23)12-19(24(25)36)26(37)32-11-17-5-6-18(30)9-20(17)31/h5-6,9,12,15-16,21H,7-8,10-11,13-14H2,1-4H3,(H,32,37)/t16-,21?,29-/m0/s1. The van der Waals surface area contributed by atoms with Gasteiger partial charge in [-0.05, 0) is 31.7 Å². The summed E-state index contributed by atoms with van der Waals surface area (Å²) in [6, 6.07) is 1.94. The summed E-state index contributed by atoms with van der Waals surface area (Å²) in [6.07, 6.45) is 1.25. The molecule has 5 rings (SSSR count). The van der Waals surface area contributed by atoms with E-state index >= 15 is 0 Å². The molecule has 14 heteroatoms. The second kappa shape index (κ2) is 11.7. The molecule has 3 atom stereocenters. The van der Waals surface area contributed by atoms with Gasteiger partial charge in [-0.2, -0.15) is 0 Å². The molecule has 230 valence electrons. The predicted molar refractivity (Wildman–Crippen MR) is 147 cm³/mol. The van der Waals surface area contributed by atoms with Gasteiger partial charge in [-0.1, -0.05) is 25.1 Å². The van der Waals surface area contributed by atoms with Gasteiger partial charge in [0.1, 0.15) is 17.2 Å². The summed E-state index contributed by atoms with van der Waals surface area (Å²) in [5.74, 6) is -3.55. The fraction of sp³-hybridized carbons (Fsp3) is 0.483. The van der Waals surface area contributed by atoms with Crippen LogP contribution >= 0.6 is 0 Å². The molecule has 2 aromatic rings. The zero-order valence-electron chi connectivity index (χ0n) is 24.1. The van der Waals surface area contributed by atoms with Gasteiger partial charge >= 0.3 is 6.16 Å². The molecular weight excluding hydrogens is 570 g/mol. The number of halogens is 2. The van der Waals surface area contributed by atoms with Crippen LogP contribution < -0.4 is 15.5 Å². The first kappa shape index (κ1) is 30.0. The Labute approximate surface area is 245 Å². The number of nitrogens with one attached hydrogen (secondary N) is 1. The van der Waals surface area contributed by atoms with Crippen LogP contribution in [0.5, 0.6) is 5.75 Å². The van der Waals surface area contributed by atoms with Crippen molar-refractivity contribution in [1.82, 2.24) is 14.8 Å². The van der Waals surface area contributed by atoms with Crippen LogP contribution in [0.4, 0.5) is 13.6 Å². The molecule has 4 heterocycles. The van der Waals surface area contributed by atoms with Crippen molar-refractivity contribution < 1.29 is 42.2 Å². The minimum absolute atomic E-state index is 0.0143. The maximum Gasteiger partial charge on any atom is 0.514 e. The molecule has 1 unspecified atom stereocenters. The van der Waals surface area contributed by atoms with E-state index in [4.69, 9.17) is 19.0 Å². The third-order valence-corrected chi connectivity index (χ3v) is 7.92. The molecule has 0 aliphatic carbocycles. The second-order valence-electron chi connectivity index (χ2n) is 11.3. The number of pyridine rings is 1. The summed E-state index contributed by atoms with van der Waals surface area (Å²) in [6.45, 7) is 5.24. The number of hydrogen-bond donors (Lipinski definition) is 1. The summed E-state index contributed by atoms with van der Waals surface area (Å²) < 4.78 is 44.8. The van der Waals surface area contributed by atoms with E-state index in [-0.39, 0.29) is 49.3 Å². The maximum absolute atomic E-state index is 14.2. The van der Waals surface area contributed by atoms with Gasteiger partial charge in [-0.25, -0.2) is 13.6 Å². The van der Waals surface area contributed by atoms with Crippen LogP contribution in [0.1, 0.15) is 72.5 Å². The maximum atomic E-state index is 14.2. The van der Waals surface area contributed by atoms with E-state index in [9.17, 15) is 28.0 Å². The molecule has 43 heavy (non-hydrogen) atoms. The number of carbonyl (C=O) groups is 3. The third-order valence-electron chi connectivity index (χ3n) is 7.92. The first-order valence-electron chi connectivity index (χ1n) is 13.9. The van der Waals surface area contributed by atoms with E-state index in [1.807, 2.05) is 6.92 Å². The quantitative estimate of drug-likeness (QED) is 0.496. The smallest absolute Gasteiger partial charge is 0.482 e. The summed E-state index contributed by atoms with van der Waals surface area (Å²) in [5.41, 5.74) is -2.78. The zero-order valence-corrected chi connectivity index (χ0v) is 24.1. The van der Waals surface area contributed by atoms with Crippen LogP contribution in [-0.2, 0) is 20.9 Å². The lowest BCUT2D eigenvalue weighted by Gasteiger charge is -2.41. The number of carbonyl (C=O) groups excluding carboxylic acids is 3. The van der Waals surface area contributed by atoms with Gasteiger partial charge < -0.3 is 33.8 Å². The summed E-state index contributed by atoms with van der Waals surface area (Å²) in [5, 5.41) is 6.52. The summed E-state index contributed by atoms with van der Waals surface area (Å²) in [7, 11) is 1.46. The molecule has 1 fully saturated rings. The fourth-order valence-corrected chi connectivity index (χ4v) is 5.56. The number of ether oxygens (including phenoxy) is 3. The van der Waals surface area contributed by atoms with E-state index in [1.54, 1.807) is 18.7 Å². The lowest BCUT2D eigenvalue weighted by molar-refractivity contribution is -0.0655. The van der Waals surface area contributed by atoms with Crippen molar-refractivity contribution in [3.05, 3.63) is 63.1 Å². The Bertz CT molecular complexity index is 1560. The Morgan fingerprint density at radius 1 is 1.26 bits per heavy atom. The lowest BCUT2D eigenvalue weighted by atomic mass is 9.85. The average Bonchev–Trinajstić information content (AvgIpc) is 3.34. The minimum atomic E-state index is -1.22. The molecule has 1 N–H and O–H groups in total. The molecule has 2 amide bonds. The number of oxime groups is 1. The summed E-state index contributed by atoms with van der Waals surface area (Å²) >= 11 is 0. The van der Waals surface area contributed by atoms with Crippen LogP contribution in [0.3, 0.4) is 0 Å². The van der Waals surface area contributed by atoms with Crippen molar-refractivity contribution in [2.24, 2.45) is 11.1 Å². The number of nitrogens with zero attached hydrogens (tertiary/aromatic N) is 3. The van der Waals surface area contributed by atoms with Crippen LogP contribution in [0.2, 0.25) is 0 Å². The molecule has 1 aromatic heterocycles. The largest absolute Gasteiger partial charge is 0.514 e. The Balaban J connectivity index is 1.61. The summed E-state index contributed by atoms with van der Waals surface area (Å²) in [4.78, 5) is 61.2. The molecule has 1 spiro atoms. The first-order chi connectivity index (χ1) is 20.4. The van der Waals surface area contributed by atoms with E-state index in [0.29, 0.717) is 24.8 Å². The molecule has 1 aromatic carbocycles. The van der Waals surface area contributed by atoms with Crippen molar-refractivity contribution in [3.8, 4) is 5.75 Å². The molecule has 0 radical (unpaired) electrons. The van der Waals surface area contributed by atoms with Crippen molar-refractivity contribution in [2.75, 3.05) is 20.3 Å². The minimum Gasteiger partial charge on any atom is -0.482 e. The third kappa shape index (κ3) is 5.65. The average molecular weight is 603 g/mol. The van der Waals surface area contributed by atoms with Crippen molar-refractivity contribution in [3.63, 3.8) is 0 Å². The molecule has 2 bridgehead atoms.